The first-order valence-corrected chi connectivity index (χ1v) is 10.6. The van der Waals surface area contributed by atoms with Crippen molar-refractivity contribution in [2.75, 3.05) is 0 Å². The maximum absolute atomic E-state index is 4.86. The Balaban J connectivity index is 1.70. The molecule has 0 aliphatic rings. The third-order valence-corrected chi connectivity index (χ3v) is 5.82. The van der Waals surface area contributed by atoms with E-state index < -0.39 is 0 Å². The van der Waals surface area contributed by atoms with Gasteiger partial charge in [0.05, 0.1) is 17.1 Å². The van der Waals surface area contributed by atoms with Gasteiger partial charge in [0.1, 0.15) is 0 Å². The summed E-state index contributed by atoms with van der Waals surface area (Å²) in [7, 11) is 0. The van der Waals surface area contributed by atoms with Crippen LogP contribution < -0.4 is 0 Å². The van der Waals surface area contributed by atoms with Gasteiger partial charge in [0.15, 0.2) is 0 Å². The van der Waals surface area contributed by atoms with Crippen LogP contribution in [0.5, 0.6) is 0 Å². The van der Waals surface area contributed by atoms with Crippen molar-refractivity contribution in [2.45, 2.75) is 0 Å². The topological polar surface area (TPSA) is 38.7 Å². The zero-order valence-corrected chi connectivity index (χ0v) is 17.3. The van der Waals surface area contributed by atoms with Gasteiger partial charge in [0.25, 0.3) is 0 Å². The normalized spacial score (nSPS) is 11.1. The van der Waals surface area contributed by atoms with Crippen LogP contribution in [0.1, 0.15) is 0 Å². The molecule has 150 valence electrons. The molecule has 6 rings (SSSR count). The Hall–Kier alpha value is -4.37. The van der Waals surface area contributed by atoms with Gasteiger partial charge in [-0.15, -0.1) is 0 Å². The molecule has 0 saturated heterocycles. The molecule has 32 heavy (non-hydrogen) atoms. The van der Waals surface area contributed by atoms with Gasteiger partial charge in [-0.05, 0) is 63.5 Å². The molecule has 0 N–H and O–H groups in total. The van der Waals surface area contributed by atoms with Crippen molar-refractivity contribution in [3.05, 3.63) is 116 Å². The molecule has 0 fully saturated rings. The lowest BCUT2D eigenvalue weighted by Gasteiger charge is -2.16. The second-order valence-electron chi connectivity index (χ2n) is 7.71. The number of benzene rings is 3. The average Bonchev–Trinajstić information content (AvgIpc) is 2.88. The van der Waals surface area contributed by atoms with Crippen LogP contribution >= 0.6 is 0 Å². The second-order valence-corrected chi connectivity index (χ2v) is 7.71. The van der Waals surface area contributed by atoms with E-state index in [0.29, 0.717) is 0 Å². The molecule has 0 aliphatic heterocycles. The van der Waals surface area contributed by atoms with Crippen molar-refractivity contribution in [3.8, 4) is 33.8 Å². The summed E-state index contributed by atoms with van der Waals surface area (Å²) in [5.41, 5.74) is 5.82. The number of pyridine rings is 3. The Morgan fingerprint density at radius 2 is 1.03 bits per heavy atom. The summed E-state index contributed by atoms with van der Waals surface area (Å²) >= 11 is 0. The van der Waals surface area contributed by atoms with Crippen LogP contribution in [0.15, 0.2) is 116 Å². The van der Waals surface area contributed by atoms with Gasteiger partial charge in [-0.2, -0.15) is 0 Å². The van der Waals surface area contributed by atoms with Crippen molar-refractivity contribution >= 4 is 21.5 Å². The molecule has 0 atom stereocenters. The highest BCUT2D eigenvalue weighted by atomic mass is 14.8. The summed E-state index contributed by atoms with van der Waals surface area (Å²) in [6.45, 7) is 0. The van der Waals surface area contributed by atoms with E-state index in [2.05, 4.69) is 76.7 Å². The Bertz CT molecular complexity index is 1520. The number of rotatable bonds is 3. The number of hydrogen-bond acceptors (Lipinski definition) is 3. The summed E-state index contributed by atoms with van der Waals surface area (Å²) in [6, 6.07) is 33.4. The minimum Gasteiger partial charge on any atom is -0.256 e. The molecule has 0 aliphatic carbocycles. The summed E-state index contributed by atoms with van der Waals surface area (Å²) < 4.78 is 0. The third-order valence-electron chi connectivity index (χ3n) is 5.82. The van der Waals surface area contributed by atoms with Crippen LogP contribution in [0.3, 0.4) is 0 Å². The van der Waals surface area contributed by atoms with Crippen LogP contribution in [-0.2, 0) is 0 Å². The van der Waals surface area contributed by atoms with Crippen LogP contribution in [-0.4, -0.2) is 15.0 Å². The van der Waals surface area contributed by atoms with Gasteiger partial charge in [0, 0.05) is 29.7 Å². The molecule has 3 nitrogen and oxygen atoms in total. The molecule has 0 radical (unpaired) electrons. The zero-order valence-electron chi connectivity index (χ0n) is 17.3. The molecular formula is C29H19N3. The SMILES string of the molecule is c1ccc(-c2ncccc2-c2ncccc2-c2c3ccccc3cc3ccccc23)nc1. The van der Waals surface area contributed by atoms with E-state index >= 15 is 0 Å². The minimum absolute atomic E-state index is 0.831. The Morgan fingerprint density at radius 3 is 1.72 bits per heavy atom. The summed E-state index contributed by atoms with van der Waals surface area (Å²) in [4.78, 5) is 14.1. The van der Waals surface area contributed by atoms with E-state index in [0.717, 1.165) is 28.2 Å². The average molecular weight is 409 g/mol. The van der Waals surface area contributed by atoms with E-state index in [-0.39, 0.29) is 0 Å². The van der Waals surface area contributed by atoms with Gasteiger partial charge < -0.3 is 0 Å². The quantitative estimate of drug-likeness (QED) is 0.291. The third kappa shape index (κ3) is 3.03. The first-order valence-electron chi connectivity index (χ1n) is 10.6. The fourth-order valence-corrected chi connectivity index (χ4v) is 4.43. The summed E-state index contributed by atoms with van der Waals surface area (Å²) in [5.74, 6) is 0. The molecule has 3 heteroatoms. The minimum atomic E-state index is 0.831. The monoisotopic (exact) mass is 409 g/mol. The van der Waals surface area contributed by atoms with Crippen LogP contribution in [0, 0.1) is 0 Å². The maximum Gasteiger partial charge on any atom is 0.0980 e. The molecule has 6 aromatic rings. The molecule has 3 aromatic carbocycles. The first kappa shape index (κ1) is 18.4. The number of fused-ring (bicyclic) bond motifs is 2. The lowest BCUT2D eigenvalue weighted by atomic mass is 9.89. The Labute approximate surface area is 186 Å². The first-order chi connectivity index (χ1) is 15.9. The van der Waals surface area contributed by atoms with E-state index in [1.165, 1.54) is 27.1 Å². The predicted molar refractivity (Wildman–Crippen MR) is 131 cm³/mol. The van der Waals surface area contributed by atoms with E-state index in [9.17, 15) is 0 Å². The van der Waals surface area contributed by atoms with Crippen LogP contribution in [0.25, 0.3) is 55.3 Å². The second kappa shape index (κ2) is 7.71. The van der Waals surface area contributed by atoms with Crippen molar-refractivity contribution in [1.29, 1.82) is 0 Å². The van der Waals surface area contributed by atoms with Gasteiger partial charge in [0.2, 0.25) is 0 Å². The van der Waals surface area contributed by atoms with E-state index in [1.807, 2.05) is 42.7 Å². The van der Waals surface area contributed by atoms with Gasteiger partial charge in [-0.3, -0.25) is 15.0 Å². The number of aromatic nitrogens is 3. The molecule has 3 heterocycles. The maximum atomic E-state index is 4.86. The summed E-state index contributed by atoms with van der Waals surface area (Å²) in [6.07, 6.45) is 5.45. The molecule has 0 amide bonds. The van der Waals surface area contributed by atoms with Gasteiger partial charge in [-0.25, -0.2) is 0 Å². The van der Waals surface area contributed by atoms with Gasteiger partial charge >= 0.3 is 0 Å². The summed E-state index contributed by atoms with van der Waals surface area (Å²) in [5, 5.41) is 4.85. The van der Waals surface area contributed by atoms with Crippen LogP contribution in [0.4, 0.5) is 0 Å². The Kier molecular flexibility index (Phi) is 4.43. The lowest BCUT2D eigenvalue weighted by molar-refractivity contribution is 1.23. The van der Waals surface area contributed by atoms with Crippen LogP contribution in [0.2, 0.25) is 0 Å². The highest BCUT2D eigenvalue weighted by molar-refractivity contribution is 6.14. The van der Waals surface area contributed by atoms with Crippen molar-refractivity contribution in [2.24, 2.45) is 0 Å². The van der Waals surface area contributed by atoms with Crippen molar-refractivity contribution in [1.82, 2.24) is 15.0 Å². The Morgan fingerprint density at radius 1 is 0.438 bits per heavy atom. The highest BCUT2D eigenvalue weighted by Crippen LogP contribution is 2.41. The molecular weight excluding hydrogens is 390 g/mol. The smallest absolute Gasteiger partial charge is 0.0980 e. The van der Waals surface area contributed by atoms with Gasteiger partial charge in [-0.1, -0.05) is 60.7 Å². The highest BCUT2D eigenvalue weighted by Gasteiger charge is 2.18. The molecule has 0 bridgehead atoms. The molecule has 0 saturated carbocycles. The fourth-order valence-electron chi connectivity index (χ4n) is 4.43. The molecule has 3 aromatic heterocycles. The largest absolute Gasteiger partial charge is 0.256 e. The number of hydrogen-bond donors (Lipinski definition) is 0. The van der Waals surface area contributed by atoms with E-state index in [1.54, 1.807) is 6.20 Å². The fraction of sp³-hybridized carbons (Fsp3) is 0. The zero-order chi connectivity index (χ0) is 21.3. The van der Waals surface area contributed by atoms with Crippen molar-refractivity contribution in [3.63, 3.8) is 0 Å². The predicted octanol–water partition coefficient (Wildman–Crippen LogP) is 7.18. The molecule has 0 unspecified atom stereocenters. The standard InChI is InChI=1S/C29H19N3/c1-3-11-22-20(9-1)19-21-10-2-4-12-23(21)27(22)24-13-7-17-31-28(24)25-14-8-18-32-29(25)26-15-5-6-16-30-26/h1-19H. The number of nitrogens with zero attached hydrogens (tertiary/aromatic N) is 3. The molecule has 0 spiro atoms. The lowest BCUT2D eigenvalue weighted by Crippen LogP contribution is -1.96. The van der Waals surface area contributed by atoms with Crippen molar-refractivity contribution < 1.29 is 0 Å². The van der Waals surface area contributed by atoms with E-state index in [4.69, 9.17) is 4.98 Å².